The second kappa shape index (κ2) is 5.64. The molecule has 3 N–H and O–H groups in total. The molecule has 0 saturated heterocycles. The average molecular weight is 248 g/mol. The van der Waals surface area contributed by atoms with Crippen LogP contribution in [0.1, 0.15) is 30.0 Å². The molecule has 1 atom stereocenters. The van der Waals surface area contributed by atoms with Gasteiger partial charge in [0.15, 0.2) is 0 Å². The van der Waals surface area contributed by atoms with Gasteiger partial charge in [0, 0.05) is 18.0 Å². The number of nitrogens with two attached hydrogens (primary N) is 1. The SMILES string of the molecule is NC(CCC(=O)O)c1cccc(C2=NCCO2)c1. The summed E-state index contributed by atoms with van der Waals surface area (Å²) in [5, 5.41) is 8.64. The van der Waals surface area contributed by atoms with Crippen molar-refractivity contribution in [3.63, 3.8) is 0 Å². The summed E-state index contributed by atoms with van der Waals surface area (Å²) in [6.07, 6.45) is 0.495. The van der Waals surface area contributed by atoms with E-state index in [0.29, 0.717) is 25.5 Å². The number of aliphatic carboxylic acids is 1. The van der Waals surface area contributed by atoms with Gasteiger partial charge in [0.05, 0.1) is 6.54 Å². The van der Waals surface area contributed by atoms with Gasteiger partial charge >= 0.3 is 5.97 Å². The molecule has 0 amide bonds. The molecule has 0 fully saturated rings. The summed E-state index contributed by atoms with van der Waals surface area (Å²) < 4.78 is 5.39. The van der Waals surface area contributed by atoms with Crippen LogP contribution in [0, 0.1) is 0 Å². The molecule has 1 heterocycles. The summed E-state index contributed by atoms with van der Waals surface area (Å²) in [5.41, 5.74) is 7.77. The smallest absolute Gasteiger partial charge is 0.303 e. The Balaban J connectivity index is 2.08. The maximum absolute atomic E-state index is 10.5. The van der Waals surface area contributed by atoms with Crippen molar-refractivity contribution in [3.8, 4) is 0 Å². The first-order valence-corrected chi connectivity index (χ1v) is 5.92. The molecule has 96 valence electrons. The fourth-order valence-electron chi connectivity index (χ4n) is 1.86. The van der Waals surface area contributed by atoms with Crippen molar-refractivity contribution in [1.29, 1.82) is 0 Å². The van der Waals surface area contributed by atoms with Crippen LogP contribution in [0.4, 0.5) is 0 Å². The van der Waals surface area contributed by atoms with E-state index < -0.39 is 5.97 Å². The third kappa shape index (κ3) is 3.07. The lowest BCUT2D eigenvalue weighted by Gasteiger charge is -2.12. The summed E-state index contributed by atoms with van der Waals surface area (Å²) >= 11 is 0. The number of carboxylic acids is 1. The molecule has 18 heavy (non-hydrogen) atoms. The minimum Gasteiger partial charge on any atom is -0.481 e. The van der Waals surface area contributed by atoms with Gasteiger partial charge in [0.1, 0.15) is 6.61 Å². The molecule has 5 heteroatoms. The highest BCUT2D eigenvalue weighted by atomic mass is 16.5. The van der Waals surface area contributed by atoms with E-state index in [1.807, 2.05) is 24.3 Å². The third-order valence-electron chi connectivity index (χ3n) is 2.82. The normalized spacial score (nSPS) is 15.9. The van der Waals surface area contributed by atoms with Crippen molar-refractivity contribution in [2.24, 2.45) is 10.7 Å². The van der Waals surface area contributed by atoms with Crippen LogP contribution >= 0.6 is 0 Å². The molecule has 0 aliphatic carbocycles. The fraction of sp³-hybridized carbons (Fsp3) is 0.385. The van der Waals surface area contributed by atoms with Gasteiger partial charge in [-0.15, -0.1) is 0 Å². The Bertz CT molecular complexity index is 471. The van der Waals surface area contributed by atoms with Crippen LogP contribution in [-0.2, 0) is 9.53 Å². The molecule has 2 rings (SSSR count). The van der Waals surface area contributed by atoms with Crippen LogP contribution in [0.25, 0.3) is 0 Å². The highest BCUT2D eigenvalue weighted by molar-refractivity contribution is 5.95. The number of benzene rings is 1. The van der Waals surface area contributed by atoms with Crippen LogP contribution in [0.3, 0.4) is 0 Å². The Morgan fingerprint density at radius 1 is 1.56 bits per heavy atom. The molecule has 0 bridgehead atoms. The molecule has 1 aromatic rings. The molecule has 0 spiro atoms. The molecular weight excluding hydrogens is 232 g/mol. The second-order valence-electron chi connectivity index (χ2n) is 4.20. The van der Waals surface area contributed by atoms with Gasteiger partial charge < -0.3 is 15.6 Å². The average Bonchev–Trinajstić information content (AvgIpc) is 2.90. The van der Waals surface area contributed by atoms with E-state index in [0.717, 1.165) is 11.1 Å². The summed E-state index contributed by atoms with van der Waals surface area (Å²) in [5.74, 6) is -0.188. The first kappa shape index (κ1) is 12.6. The number of carbonyl (C=O) groups is 1. The highest BCUT2D eigenvalue weighted by Gasteiger charge is 2.13. The summed E-state index contributed by atoms with van der Waals surface area (Å²) in [7, 11) is 0. The number of rotatable bonds is 5. The zero-order valence-electron chi connectivity index (χ0n) is 10.0. The standard InChI is InChI=1S/C13H16N2O3/c14-11(4-5-12(16)17)9-2-1-3-10(8-9)13-15-6-7-18-13/h1-3,8,11H,4-7,14H2,(H,16,17). The summed E-state index contributed by atoms with van der Waals surface area (Å²) in [4.78, 5) is 14.8. The van der Waals surface area contributed by atoms with Crippen LogP contribution in [0.5, 0.6) is 0 Å². The number of nitrogens with zero attached hydrogens (tertiary/aromatic N) is 1. The Morgan fingerprint density at radius 3 is 3.06 bits per heavy atom. The molecule has 0 aromatic heterocycles. The number of hydrogen-bond donors (Lipinski definition) is 2. The molecule has 1 aromatic carbocycles. The minimum absolute atomic E-state index is 0.0723. The summed E-state index contributed by atoms with van der Waals surface area (Å²) in [6, 6.07) is 7.33. The molecule has 0 radical (unpaired) electrons. The lowest BCUT2D eigenvalue weighted by atomic mass is 10.0. The van der Waals surface area contributed by atoms with Gasteiger partial charge in [0.25, 0.3) is 0 Å². The molecular formula is C13H16N2O3. The van der Waals surface area contributed by atoms with Gasteiger partial charge in [-0.2, -0.15) is 0 Å². The van der Waals surface area contributed by atoms with Gasteiger partial charge in [-0.3, -0.25) is 4.79 Å². The van der Waals surface area contributed by atoms with Crippen molar-refractivity contribution < 1.29 is 14.6 Å². The predicted molar refractivity (Wildman–Crippen MR) is 67.6 cm³/mol. The lowest BCUT2D eigenvalue weighted by Crippen LogP contribution is -2.13. The number of aliphatic imine (C=N–C) groups is 1. The van der Waals surface area contributed by atoms with Crippen molar-refractivity contribution in [3.05, 3.63) is 35.4 Å². The highest BCUT2D eigenvalue weighted by Crippen LogP contribution is 2.18. The van der Waals surface area contributed by atoms with Crippen molar-refractivity contribution >= 4 is 11.9 Å². The maximum atomic E-state index is 10.5. The maximum Gasteiger partial charge on any atom is 0.303 e. The quantitative estimate of drug-likeness (QED) is 0.823. The van der Waals surface area contributed by atoms with E-state index in [1.54, 1.807) is 0 Å². The molecule has 1 aliphatic heterocycles. The Hall–Kier alpha value is -1.88. The van der Waals surface area contributed by atoms with Crippen molar-refractivity contribution in [1.82, 2.24) is 0 Å². The van der Waals surface area contributed by atoms with Crippen LogP contribution in [-0.4, -0.2) is 30.1 Å². The monoisotopic (exact) mass is 248 g/mol. The number of ether oxygens (including phenoxy) is 1. The molecule has 1 unspecified atom stereocenters. The Morgan fingerprint density at radius 2 is 2.39 bits per heavy atom. The largest absolute Gasteiger partial charge is 0.481 e. The molecule has 1 aliphatic rings. The van der Waals surface area contributed by atoms with E-state index in [1.165, 1.54) is 0 Å². The van der Waals surface area contributed by atoms with Gasteiger partial charge in [-0.1, -0.05) is 12.1 Å². The van der Waals surface area contributed by atoms with E-state index in [9.17, 15) is 4.79 Å². The summed E-state index contributed by atoms with van der Waals surface area (Å²) in [6.45, 7) is 1.30. The predicted octanol–water partition coefficient (Wildman–Crippen LogP) is 1.33. The molecule has 0 saturated carbocycles. The van der Waals surface area contributed by atoms with Crippen LogP contribution in [0.15, 0.2) is 29.3 Å². The van der Waals surface area contributed by atoms with Gasteiger partial charge in [-0.25, -0.2) is 4.99 Å². The van der Waals surface area contributed by atoms with Crippen LogP contribution in [0.2, 0.25) is 0 Å². The topological polar surface area (TPSA) is 84.9 Å². The second-order valence-corrected chi connectivity index (χ2v) is 4.20. The van der Waals surface area contributed by atoms with E-state index in [-0.39, 0.29) is 12.5 Å². The number of carboxylic acid groups (broad SMARTS) is 1. The zero-order valence-corrected chi connectivity index (χ0v) is 10.0. The van der Waals surface area contributed by atoms with Crippen molar-refractivity contribution in [2.45, 2.75) is 18.9 Å². The van der Waals surface area contributed by atoms with E-state index in [4.69, 9.17) is 15.6 Å². The minimum atomic E-state index is -0.829. The molecule has 5 nitrogen and oxygen atoms in total. The van der Waals surface area contributed by atoms with Crippen molar-refractivity contribution in [2.75, 3.05) is 13.2 Å². The van der Waals surface area contributed by atoms with E-state index >= 15 is 0 Å². The van der Waals surface area contributed by atoms with Crippen LogP contribution < -0.4 is 5.73 Å². The number of hydrogen-bond acceptors (Lipinski definition) is 4. The zero-order chi connectivity index (χ0) is 13.0. The lowest BCUT2D eigenvalue weighted by molar-refractivity contribution is -0.137. The fourth-order valence-corrected chi connectivity index (χ4v) is 1.86. The first-order valence-electron chi connectivity index (χ1n) is 5.92. The first-order chi connectivity index (χ1) is 8.66. The van der Waals surface area contributed by atoms with Gasteiger partial charge in [-0.05, 0) is 24.1 Å². The third-order valence-corrected chi connectivity index (χ3v) is 2.82. The van der Waals surface area contributed by atoms with Gasteiger partial charge in [0.2, 0.25) is 5.90 Å². The Kier molecular flexibility index (Phi) is 3.94. The Labute approximate surface area is 105 Å². The van der Waals surface area contributed by atoms with E-state index in [2.05, 4.69) is 4.99 Å².